The maximum atomic E-state index is 12.2. The molecule has 1 atom stereocenters. The van der Waals surface area contributed by atoms with Crippen LogP contribution in [0.1, 0.15) is 51.9 Å². The Bertz CT molecular complexity index is 379. The van der Waals surface area contributed by atoms with Crippen molar-refractivity contribution in [2.45, 2.75) is 57.5 Å². The van der Waals surface area contributed by atoms with Crippen molar-refractivity contribution in [3.63, 3.8) is 0 Å². The Kier molecular flexibility index (Phi) is 3.73. The smallest absolute Gasteiger partial charge is 0.371 e. The van der Waals surface area contributed by atoms with Crippen LogP contribution >= 0.6 is 0 Å². The second-order valence-electron chi connectivity index (χ2n) is 5.25. The lowest BCUT2D eigenvalue weighted by molar-refractivity contribution is -0.147. The van der Waals surface area contributed by atoms with Crippen molar-refractivity contribution >= 4 is 11.8 Å². The largest absolute Gasteiger partial charge is 0.475 e. The molecule has 1 heterocycles. The van der Waals surface area contributed by atoms with Crippen LogP contribution in [-0.2, 0) is 14.3 Å². The fourth-order valence-electron chi connectivity index (χ4n) is 3.23. The molecule has 0 bridgehead atoms. The SMILES string of the molecule is CCCC1(C2CCCCC2)OC(C(=O)O)=CC1=O. The van der Waals surface area contributed by atoms with E-state index in [9.17, 15) is 9.59 Å². The van der Waals surface area contributed by atoms with Crippen molar-refractivity contribution in [3.05, 3.63) is 11.8 Å². The van der Waals surface area contributed by atoms with Crippen LogP contribution in [0.5, 0.6) is 0 Å². The van der Waals surface area contributed by atoms with Crippen molar-refractivity contribution < 1.29 is 19.4 Å². The summed E-state index contributed by atoms with van der Waals surface area (Å²) in [5.41, 5.74) is -0.886. The number of ether oxygens (including phenoxy) is 1. The van der Waals surface area contributed by atoms with Crippen molar-refractivity contribution in [1.82, 2.24) is 0 Å². The molecular weight excluding hydrogens is 232 g/mol. The summed E-state index contributed by atoms with van der Waals surface area (Å²) in [6.07, 6.45) is 7.95. The molecule has 1 unspecified atom stereocenters. The second kappa shape index (κ2) is 5.12. The van der Waals surface area contributed by atoms with E-state index in [1.54, 1.807) is 0 Å². The standard InChI is InChI=1S/C14H20O4/c1-2-8-14(10-6-4-3-5-7-10)12(15)9-11(18-14)13(16)17/h9-10H,2-8H2,1H3,(H,16,17). The van der Waals surface area contributed by atoms with E-state index >= 15 is 0 Å². The van der Waals surface area contributed by atoms with Crippen LogP contribution in [0.15, 0.2) is 11.8 Å². The number of carboxylic acids is 1. The molecule has 4 nitrogen and oxygen atoms in total. The first kappa shape index (κ1) is 13.1. The quantitative estimate of drug-likeness (QED) is 0.835. The molecule has 2 aliphatic rings. The van der Waals surface area contributed by atoms with E-state index in [-0.39, 0.29) is 17.5 Å². The number of ketones is 1. The number of carbonyl (C=O) groups is 2. The number of carbonyl (C=O) groups excluding carboxylic acids is 1. The Labute approximate surface area is 107 Å². The molecule has 1 fully saturated rings. The lowest BCUT2D eigenvalue weighted by Crippen LogP contribution is -2.45. The van der Waals surface area contributed by atoms with Crippen molar-refractivity contribution in [1.29, 1.82) is 0 Å². The Morgan fingerprint density at radius 2 is 2.11 bits per heavy atom. The van der Waals surface area contributed by atoms with Gasteiger partial charge in [0.1, 0.15) is 0 Å². The van der Waals surface area contributed by atoms with Crippen molar-refractivity contribution in [2.75, 3.05) is 0 Å². The molecule has 1 aliphatic heterocycles. The van der Waals surface area contributed by atoms with Gasteiger partial charge in [-0.05, 0) is 19.3 Å². The lowest BCUT2D eigenvalue weighted by atomic mass is 9.73. The van der Waals surface area contributed by atoms with Gasteiger partial charge in [0.2, 0.25) is 11.5 Å². The highest BCUT2D eigenvalue weighted by molar-refractivity contribution is 6.05. The third-order valence-corrected chi connectivity index (χ3v) is 4.07. The number of hydrogen-bond acceptors (Lipinski definition) is 3. The number of aliphatic carboxylic acids is 1. The lowest BCUT2D eigenvalue weighted by Gasteiger charge is -2.37. The summed E-state index contributed by atoms with van der Waals surface area (Å²) in [7, 11) is 0. The van der Waals surface area contributed by atoms with Gasteiger partial charge in [-0.15, -0.1) is 0 Å². The van der Waals surface area contributed by atoms with Gasteiger partial charge in [-0.1, -0.05) is 32.6 Å². The fraction of sp³-hybridized carbons (Fsp3) is 0.714. The van der Waals surface area contributed by atoms with Crippen LogP contribution in [0.2, 0.25) is 0 Å². The van der Waals surface area contributed by atoms with Crippen LogP contribution in [0, 0.1) is 5.92 Å². The Morgan fingerprint density at radius 1 is 1.44 bits per heavy atom. The molecule has 1 N–H and O–H groups in total. The van der Waals surface area contributed by atoms with E-state index in [0.717, 1.165) is 32.1 Å². The molecule has 100 valence electrons. The Balaban J connectivity index is 2.23. The normalized spacial score (nSPS) is 28.9. The summed E-state index contributed by atoms with van der Waals surface area (Å²) in [5.74, 6) is -1.29. The molecule has 0 spiro atoms. The topological polar surface area (TPSA) is 63.6 Å². The summed E-state index contributed by atoms with van der Waals surface area (Å²) in [5, 5.41) is 8.98. The predicted molar refractivity (Wildman–Crippen MR) is 66.0 cm³/mol. The monoisotopic (exact) mass is 252 g/mol. The molecule has 0 aromatic carbocycles. The average Bonchev–Trinajstić information content (AvgIpc) is 2.70. The van der Waals surface area contributed by atoms with Gasteiger partial charge < -0.3 is 9.84 Å². The Hall–Kier alpha value is -1.32. The van der Waals surface area contributed by atoms with Gasteiger partial charge in [-0.3, -0.25) is 4.79 Å². The van der Waals surface area contributed by atoms with Crippen LogP contribution < -0.4 is 0 Å². The van der Waals surface area contributed by atoms with Gasteiger partial charge in [0.05, 0.1) is 0 Å². The van der Waals surface area contributed by atoms with Gasteiger partial charge in [0.25, 0.3) is 0 Å². The van der Waals surface area contributed by atoms with E-state index in [1.807, 2.05) is 6.92 Å². The molecule has 0 aromatic rings. The third-order valence-electron chi connectivity index (χ3n) is 4.07. The fourth-order valence-corrected chi connectivity index (χ4v) is 3.23. The zero-order chi connectivity index (χ0) is 13.2. The average molecular weight is 252 g/mol. The van der Waals surface area contributed by atoms with E-state index in [1.165, 1.54) is 12.5 Å². The zero-order valence-corrected chi connectivity index (χ0v) is 10.8. The van der Waals surface area contributed by atoms with Crippen LogP contribution in [0.3, 0.4) is 0 Å². The van der Waals surface area contributed by atoms with Gasteiger partial charge in [0.15, 0.2) is 5.60 Å². The molecule has 18 heavy (non-hydrogen) atoms. The van der Waals surface area contributed by atoms with E-state index in [2.05, 4.69) is 0 Å². The first-order chi connectivity index (χ1) is 8.60. The molecule has 0 amide bonds. The summed E-state index contributed by atoms with van der Waals surface area (Å²) < 4.78 is 5.61. The summed E-state index contributed by atoms with van der Waals surface area (Å²) in [6.45, 7) is 2.00. The highest BCUT2D eigenvalue weighted by atomic mass is 16.5. The molecule has 0 radical (unpaired) electrons. The van der Waals surface area contributed by atoms with Gasteiger partial charge in [-0.2, -0.15) is 0 Å². The zero-order valence-electron chi connectivity index (χ0n) is 10.8. The number of carboxylic acid groups (broad SMARTS) is 1. The summed E-state index contributed by atoms with van der Waals surface area (Å²) in [6, 6.07) is 0. The minimum atomic E-state index is -1.14. The minimum Gasteiger partial charge on any atom is -0.475 e. The Morgan fingerprint density at radius 3 is 2.61 bits per heavy atom. The van der Waals surface area contributed by atoms with E-state index in [4.69, 9.17) is 9.84 Å². The molecule has 4 heteroatoms. The first-order valence-corrected chi connectivity index (χ1v) is 6.78. The minimum absolute atomic E-state index is 0.145. The highest BCUT2D eigenvalue weighted by Gasteiger charge is 2.51. The van der Waals surface area contributed by atoms with Crippen LogP contribution in [-0.4, -0.2) is 22.5 Å². The third kappa shape index (κ3) is 2.16. The highest BCUT2D eigenvalue weighted by Crippen LogP contribution is 2.43. The maximum Gasteiger partial charge on any atom is 0.371 e. The van der Waals surface area contributed by atoms with E-state index in [0.29, 0.717) is 6.42 Å². The molecular formula is C14H20O4. The van der Waals surface area contributed by atoms with Gasteiger partial charge in [0, 0.05) is 12.0 Å². The van der Waals surface area contributed by atoms with Crippen LogP contribution in [0.4, 0.5) is 0 Å². The van der Waals surface area contributed by atoms with Crippen LogP contribution in [0.25, 0.3) is 0 Å². The molecule has 1 aliphatic carbocycles. The molecule has 2 rings (SSSR count). The van der Waals surface area contributed by atoms with Crippen molar-refractivity contribution in [3.8, 4) is 0 Å². The van der Waals surface area contributed by atoms with Gasteiger partial charge >= 0.3 is 5.97 Å². The van der Waals surface area contributed by atoms with Gasteiger partial charge in [-0.25, -0.2) is 4.79 Å². The van der Waals surface area contributed by atoms with Crippen molar-refractivity contribution in [2.24, 2.45) is 5.92 Å². The maximum absolute atomic E-state index is 12.2. The predicted octanol–water partition coefficient (Wildman–Crippen LogP) is 2.67. The van der Waals surface area contributed by atoms with E-state index < -0.39 is 11.6 Å². The molecule has 0 aromatic heterocycles. The molecule has 1 saturated carbocycles. The molecule has 0 saturated heterocycles. The first-order valence-electron chi connectivity index (χ1n) is 6.78. The summed E-state index contributed by atoms with van der Waals surface area (Å²) in [4.78, 5) is 23.2. The second-order valence-corrected chi connectivity index (χ2v) is 5.25. The number of hydrogen-bond donors (Lipinski definition) is 1. The number of rotatable bonds is 4. The summed E-state index contributed by atoms with van der Waals surface area (Å²) >= 11 is 0.